The summed E-state index contributed by atoms with van der Waals surface area (Å²) in [5.74, 6) is -0.422. The molecule has 0 bridgehead atoms. The number of rotatable bonds is 5. The summed E-state index contributed by atoms with van der Waals surface area (Å²) in [5, 5.41) is 3.69. The Morgan fingerprint density at radius 1 is 1.08 bits per heavy atom. The predicted octanol–water partition coefficient (Wildman–Crippen LogP) is 1.41. The van der Waals surface area contributed by atoms with Gasteiger partial charge in [-0.2, -0.15) is 0 Å². The molecule has 25 heavy (non-hydrogen) atoms. The largest absolute Gasteiger partial charge is 0.422 e. The minimum absolute atomic E-state index is 0.0217. The number of benzene rings is 2. The van der Waals surface area contributed by atoms with E-state index in [4.69, 9.17) is 4.42 Å². The highest BCUT2D eigenvalue weighted by Crippen LogP contribution is 2.15. The molecule has 0 aliphatic heterocycles. The van der Waals surface area contributed by atoms with Crippen LogP contribution in [0, 0.1) is 0 Å². The Morgan fingerprint density at radius 3 is 2.48 bits per heavy atom. The smallest absolute Gasteiger partial charge is 0.349 e. The standard InChI is InChI=1S/C20H20N2O3/c1-22(2)13-17(14-8-4-3-5-9-14)21-19(23)16-12-15-10-6-7-11-18(15)25-20(16)24/h3-12,17H,13H2,1-2H3,(H,21,23)/p+1/t17-/m0/s1. The number of carbonyl (C=O) groups is 1. The quantitative estimate of drug-likeness (QED) is 0.692. The van der Waals surface area contributed by atoms with Gasteiger partial charge in [0.1, 0.15) is 23.7 Å². The zero-order valence-corrected chi connectivity index (χ0v) is 14.3. The molecule has 2 N–H and O–H groups in total. The van der Waals surface area contributed by atoms with E-state index in [1.54, 1.807) is 18.2 Å². The van der Waals surface area contributed by atoms with Crippen LogP contribution in [0.1, 0.15) is 22.0 Å². The Bertz CT molecular complexity index is 932. The Morgan fingerprint density at radius 2 is 1.76 bits per heavy atom. The SMILES string of the molecule is C[NH+](C)C[C@H](NC(=O)c1cc2ccccc2oc1=O)c1ccccc1. The minimum Gasteiger partial charge on any atom is -0.422 e. The third kappa shape index (κ3) is 3.95. The van der Waals surface area contributed by atoms with Gasteiger partial charge in [0.25, 0.3) is 5.91 Å². The van der Waals surface area contributed by atoms with E-state index in [2.05, 4.69) is 5.32 Å². The van der Waals surface area contributed by atoms with E-state index in [-0.39, 0.29) is 11.6 Å². The molecular weight excluding hydrogens is 316 g/mol. The Kier molecular flexibility index (Phi) is 4.95. The summed E-state index contributed by atoms with van der Waals surface area (Å²) in [6, 6.07) is 18.3. The van der Waals surface area contributed by atoms with Gasteiger partial charge in [0.15, 0.2) is 0 Å². The van der Waals surface area contributed by atoms with Crippen molar-refractivity contribution in [2.75, 3.05) is 20.6 Å². The average Bonchev–Trinajstić information content (AvgIpc) is 2.61. The number of quaternary nitrogens is 1. The lowest BCUT2D eigenvalue weighted by atomic mass is 10.1. The van der Waals surface area contributed by atoms with Crippen molar-refractivity contribution in [3.8, 4) is 0 Å². The van der Waals surface area contributed by atoms with Gasteiger partial charge in [-0.05, 0) is 17.7 Å². The summed E-state index contributed by atoms with van der Waals surface area (Å²) in [7, 11) is 4.04. The maximum atomic E-state index is 12.7. The third-order valence-electron chi connectivity index (χ3n) is 4.01. The van der Waals surface area contributed by atoms with E-state index in [1.807, 2.05) is 56.6 Å². The van der Waals surface area contributed by atoms with Gasteiger partial charge in [-0.3, -0.25) is 4.79 Å². The highest BCUT2D eigenvalue weighted by atomic mass is 16.4. The highest BCUT2D eigenvalue weighted by molar-refractivity contribution is 5.96. The molecule has 0 saturated carbocycles. The number of carbonyl (C=O) groups excluding carboxylic acids is 1. The lowest BCUT2D eigenvalue weighted by Gasteiger charge is -2.20. The van der Waals surface area contributed by atoms with Crippen molar-refractivity contribution >= 4 is 16.9 Å². The second-order valence-electron chi connectivity index (χ2n) is 6.33. The highest BCUT2D eigenvalue weighted by Gasteiger charge is 2.21. The average molecular weight is 337 g/mol. The molecular formula is C20H21N2O3+. The van der Waals surface area contributed by atoms with Crippen molar-refractivity contribution in [1.82, 2.24) is 5.32 Å². The third-order valence-corrected chi connectivity index (χ3v) is 4.01. The van der Waals surface area contributed by atoms with E-state index >= 15 is 0 Å². The maximum Gasteiger partial charge on any atom is 0.349 e. The topological polar surface area (TPSA) is 63.8 Å². The van der Waals surface area contributed by atoms with E-state index in [9.17, 15) is 9.59 Å². The van der Waals surface area contributed by atoms with Gasteiger partial charge in [0.05, 0.1) is 14.1 Å². The summed E-state index contributed by atoms with van der Waals surface area (Å²) < 4.78 is 5.26. The molecule has 2 aromatic carbocycles. The summed E-state index contributed by atoms with van der Waals surface area (Å²) in [6.45, 7) is 0.703. The van der Waals surface area contributed by atoms with E-state index < -0.39 is 11.5 Å². The molecule has 5 heteroatoms. The number of para-hydroxylation sites is 1. The normalized spacial score (nSPS) is 12.3. The van der Waals surface area contributed by atoms with Crippen LogP contribution in [0.25, 0.3) is 11.0 Å². The first-order chi connectivity index (χ1) is 12.0. The summed E-state index contributed by atoms with van der Waals surface area (Å²) in [5.41, 5.74) is 0.872. The molecule has 0 fully saturated rings. The van der Waals surface area contributed by atoms with Crippen molar-refractivity contribution in [2.45, 2.75) is 6.04 Å². The van der Waals surface area contributed by atoms with Crippen LogP contribution in [0.15, 0.2) is 69.9 Å². The number of likely N-dealkylation sites (N-methyl/N-ethyl adjacent to an activating group) is 1. The first-order valence-electron chi connectivity index (χ1n) is 8.22. The molecule has 0 unspecified atom stereocenters. The van der Waals surface area contributed by atoms with Crippen LogP contribution in [0.3, 0.4) is 0 Å². The molecule has 1 aromatic heterocycles. The number of fused-ring (bicyclic) bond motifs is 1. The molecule has 1 atom stereocenters. The molecule has 1 amide bonds. The van der Waals surface area contributed by atoms with Crippen LogP contribution in [-0.4, -0.2) is 26.5 Å². The van der Waals surface area contributed by atoms with Crippen LogP contribution in [0.2, 0.25) is 0 Å². The zero-order chi connectivity index (χ0) is 17.8. The molecule has 3 aromatic rings. The molecule has 5 nitrogen and oxygen atoms in total. The Balaban J connectivity index is 1.91. The van der Waals surface area contributed by atoms with Gasteiger partial charge >= 0.3 is 5.63 Å². The van der Waals surface area contributed by atoms with Gasteiger partial charge in [0.2, 0.25) is 0 Å². The summed E-state index contributed by atoms with van der Waals surface area (Å²) >= 11 is 0. The maximum absolute atomic E-state index is 12.7. The monoisotopic (exact) mass is 337 g/mol. The predicted molar refractivity (Wildman–Crippen MR) is 96.8 cm³/mol. The molecule has 1 heterocycles. The number of hydrogen-bond acceptors (Lipinski definition) is 3. The molecule has 0 aliphatic rings. The van der Waals surface area contributed by atoms with E-state index in [0.717, 1.165) is 10.9 Å². The van der Waals surface area contributed by atoms with E-state index in [1.165, 1.54) is 4.90 Å². The summed E-state index contributed by atoms with van der Waals surface area (Å²) in [6.07, 6.45) is 0. The van der Waals surface area contributed by atoms with Crippen LogP contribution >= 0.6 is 0 Å². The lowest BCUT2D eigenvalue weighted by Crippen LogP contribution is -3.06. The lowest BCUT2D eigenvalue weighted by molar-refractivity contribution is -0.860. The van der Waals surface area contributed by atoms with Crippen molar-refractivity contribution in [3.63, 3.8) is 0 Å². The van der Waals surface area contributed by atoms with Crippen LogP contribution in [-0.2, 0) is 0 Å². The number of hydrogen-bond donors (Lipinski definition) is 2. The fourth-order valence-corrected chi connectivity index (χ4v) is 2.80. The van der Waals surface area contributed by atoms with Crippen LogP contribution in [0.4, 0.5) is 0 Å². The molecule has 0 spiro atoms. The second kappa shape index (κ2) is 7.32. The Labute approximate surface area is 145 Å². The molecule has 0 aliphatic carbocycles. The van der Waals surface area contributed by atoms with Crippen molar-refractivity contribution in [3.05, 3.63) is 82.2 Å². The van der Waals surface area contributed by atoms with Crippen molar-refractivity contribution < 1.29 is 14.1 Å². The van der Waals surface area contributed by atoms with Crippen LogP contribution < -0.4 is 15.8 Å². The fourth-order valence-electron chi connectivity index (χ4n) is 2.80. The number of nitrogens with one attached hydrogen (secondary N) is 2. The molecule has 128 valence electrons. The van der Waals surface area contributed by atoms with E-state index in [0.29, 0.717) is 12.1 Å². The Hall–Kier alpha value is -2.92. The minimum atomic E-state index is -0.625. The first-order valence-corrected chi connectivity index (χ1v) is 8.22. The second-order valence-corrected chi connectivity index (χ2v) is 6.33. The molecule has 0 saturated heterocycles. The van der Waals surface area contributed by atoms with Gasteiger partial charge in [0, 0.05) is 5.39 Å². The molecule has 0 radical (unpaired) electrons. The van der Waals surface area contributed by atoms with Crippen LogP contribution in [0.5, 0.6) is 0 Å². The number of amides is 1. The van der Waals surface area contributed by atoms with Crippen molar-refractivity contribution in [1.29, 1.82) is 0 Å². The fraction of sp³-hybridized carbons (Fsp3) is 0.200. The van der Waals surface area contributed by atoms with Crippen molar-refractivity contribution in [2.24, 2.45) is 0 Å². The van der Waals surface area contributed by atoms with Gasteiger partial charge in [-0.25, -0.2) is 4.79 Å². The zero-order valence-electron chi connectivity index (χ0n) is 14.3. The first kappa shape index (κ1) is 16.9. The van der Waals surface area contributed by atoms with Gasteiger partial charge < -0.3 is 14.6 Å². The summed E-state index contributed by atoms with van der Waals surface area (Å²) in [4.78, 5) is 26.1. The van der Waals surface area contributed by atoms with Gasteiger partial charge in [-0.15, -0.1) is 0 Å². The van der Waals surface area contributed by atoms with Gasteiger partial charge in [-0.1, -0.05) is 48.5 Å². The molecule has 3 rings (SSSR count).